The summed E-state index contributed by atoms with van der Waals surface area (Å²) in [4.78, 5) is 37.9. The van der Waals surface area contributed by atoms with Crippen LogP contribution < -0.4 is 27.0 Å². The molecule has 0 heterocycles. The number of nitrogens with two attached hydrogens (primary N) is 1. The molecule has 2 aromatic carbocycles. The van der Waals surface area contributed by atoms with Crippen molar-refractivity contribution in [2.75, 3.05) is 11.9 Å². The van der Waals surface area contributed by atoms with Crippen molar-refractivity contribution in [1.82, 2.24) is 16.0 Å². The van der Waals surface area contributed by atoms with Crippen LogP contribution in [-0.4, -0.2) is 30.4 Å². The van der Waals surface area contributed by atoms with Crippen molar-refractivity contribution in [3.05, 3.63) is 63.6 Å². The molecular weight excluding hydrogens is 525 g/mol. The molecular formula is C28H37Cl2N5O3. The van der Waals surface area contributed by atoms with Crippen LogP contribution in [0.15, 0.2) is 42.5 Å². The first kappa shape index (κ1) is 29.7. The standard InChI is InChI=1S/C28H37Cl2N5O3/c29-23-14-11-20(16-24(23)30)18-33-28(38)35-25(8-4-5-15-31)27(37)34-22-12-9-19(10-13-22)17-32-26(36)21-6-2-1-3-7-21/h9-14,16,21,25H,1-8,15,17-18,31H2,(H,32,36)(H,34,37)(H2,33,35,38). The first-order valence-electron chi connectivity index (χ1n) is 13.2. The molecule has 0 radical (unpaired) electrons. The molecule has 0 bridgehead atoms. The third-order valence-corrected chi connectivity index (χ3v) is 7.41. The number of carbonyl (C=O) groups is 3. The van der Waals surface area contributed by atoms with E-state index >= 15 is 0 Å². The second kappa shape index (κ2) is 15.6. The highest BCUT2D eigenvalue weighted by Gasteiger charge is 2.22. The zero-order valence-electron chi connectivity index (χ0n) is 21.5. The van der Waals surface area contributed by atoms with Crippen LogP contribution in [-0.2, 0) is 22.7 Å². The molecule has 0 saturated heterocycles. The van der Waals surface area contributed by atoms with Gasteiger partial charge in [0.15, 0.2) is 0 Å². The van der Waals surface area contributed by atoms with Gasteiger partial charge in [0.1, 0.15) is 6.04 Å². The lowest BCUT2D eigenvalue weighted by Crippen LogP contribution is -2.47. The third kappa shape index (κ3) is 9.82. The van der Waals surface area contributed by atoms with E-state index in [9.17, 15) is 14.4 Å². The van der Waals surface area contributed by atoms with Crippen LogP contribution >= 0.6 is 23.2 Å². The molecule has 38 heavy (non-hydrogen) atoms. The third-order valence-electron chi connectivity index (χ3n) is 6.67. The minimum Gasteiger partial charge on any atom is -0.352 e. The molecule has 1 aliphatic rings. The lowest BCUT2D eigenvalue weighted by atomic mass is 9.88. The number of hydrogen-bond acceptors (Lipinski definition) is 4. The summed E-state index contributed by atoms with van der Waals surface area (Å²) in [6.07, 6.45) is 7.27. The summed E-state index contributed by atoms with van der Waals surface area (Å²) < 4.78 is 0. The van der Waals surface area contributed by atoms with Crippen LogP contribution in [0.5, 0.6) is 0 Å². The van der Waals surface area contributed by atoms with E-state index in [2.05, 4.69) is 21.3 Å². The Labute approximate surface area is 234 Å². The largest absolute Gasteiger partial charge is 0.352 e. The summed E-state index contributed by atoms with van der Waals surface area (Å²) in [7, 11) is 0. The van der Waals surface area contributed by atoms with Crippen LogP contribution in [0.2, 0.25) is 10.0 Å². The summed E-state index contributed by atoms with van der Waals surface area (Å²) in [5, 5.41) is 12.2. The van der Waals surface area contributed by atoms with Gasteiger partial charge in [-0.2, -0.15) is 0 Å². The van der Waals surface area contributed by atoms with E-state index in [-0.39, 0.29) is 24.3 Å². The van der Waals surface area contributed by atoms with Gasteiger partial charge in [0.25, 0.3) is 0 Å². The van der Waals surface area contributed by atoms with Crippen molar-refractivity contribution in [1.29, 1.82) is 0 Å². The first-order valence-corrected chi connectivity index (χ1v) is 14.0. The average molecular weight is 563 g/mol. The predicted molar refractivity (Wildman–Crippen MR) is 152 cm³/mol. The Balaban J connectivity index is 1.50. The summed E-state index contributed by atoms with van der Waals surface area (Å²) in [6, 6.07) is 11.2. The molecule has 8 nitrogen and oxygen atoms in total. The van der Waals surface area contributed by atoms with Gasteiger partial charge in [-0.1, -0.05) is 60.7 Å². The SMILES string of the molecule is NCCCCC(NC(=O)NCc1ccc(Cl)c(Cl)c1)C(=O)Nc1ccc(CNC(=O)C2CCCCC2)cc1. The normalized spacial score (nSPS) is 14.4. The fourth-order valence-electron chi connectivity index (χ4n) is 4.44. The number of carbonyl (C=O) groups excluding carboxylic acids is 3. The van der Waals surface area contributed by atoms with Crippen LogP contribution in [0.1, 0.15) is 62.5 Å². The fraction of sp³-hybridized carbons (Fsp3) is 0.464. The molecule has 3 rings (SSSR count). The molecule has 0 aliphatic heterocycles. The number of amides is 4. The molecule has 0 spiro atoms. The molecule has 1 unspecified atom stereocenters. The topological polar surface area (TPSA) is 125 Å². The van der Waals surface area contributed by atoms with E-state index in [1.165, 1.54) is 6.42 Å². The van der Waals surface area contributed by atoms with Crippen LogP contribution in [0.25, 0.3) is 0 Å². The predicted octanol–water partition coefficient (Wildman–Crippen LogP) is 5.13. The van der Waals surface area contributed by atoms with Crippen molar-refractivity contribution < 1.29 is 14.4 Å². The zero-order valence-corrected chi connectivity index (χ0v) is 23.0. The van der Waals surface area contributed by atoms with Crippen molar-refractivity contribution >= 4 is 46.7 Å². The van der Waals surface area contributed by atoms with Gasteiger partial charge in [-0.3, -0.25) is 9.59 Å². The fourth-order valence-corrected chi connectivity index (χ4v) is 4.76. The monoisotopic (exact) mass is 561 g/mol. The van der Waals surface area contributed by atoms with Gasteiger partial charge in [-0.25, -0.2) is 4.79 Å². The Kier molecular flexibility index (Phi) is 12.2. The summed E-state index contributed by atoms with van der Waals surface area (Å²) >= 11 is 12.0. The second-order valence-corrected chi connectivity index (χ2v) is 10.5. The van der Waals surface area contributed by atoms with Gasteiger partial charge in [0, 0.05) is 24.7 Å². The summed E-state index contributed by atoms with van der Waals surface area (Å²) in [6.45, 7) is 1.20. The van der Waals surface area contributed by atoms with Gasteiger partial charge in [-0.15, -0.1) is 0 Å². The molecule has 2 aromatic rings. The minimum absolute atomic E-state index is 0.117. The highest BCUT2D eigenvalue weighted by atomic mass is 35.5. The van der Waals surface area contributed by atoms with Gasteiger partial charge in [-0.05, 0) is 74.0 Å². The first-order chi connectivity index (χ1) is 18.4. The molecule has 1 aliphatic carbocycles. The summed E-state index contributed by atoms with van der Waals surface area (Å²) in [5.74, 6) is -0.0804. The maximum atomic E-state index is 13.0. The summed E-state index contributed by atoms with van der Waals surface area (Å²) in [5.41, 5.74) is 7.95. The van der Waals surface area contributed by atoms with Crippen LogP contribution in [0.3, 0.4) is 0 Å². The Morgan fingerprint density at radius 2 is 1.55 bits per heavy atom. The Hall–Kier alpha value is -2.81. The van der Waals surface area contributed by atoms with Gasteiger partial charge >= 0.3 is 6.03 Å². The molecule has 206 valence electrons. The lowest BCUT2D eigenvalue weighted by Gasteiger charge is -2.21. The number of unbranched alkanes of at least 4 members (excludes halogenated alkanes) is 1. The van der Waals surface area contributed by atoms with Crippen LogP contribution in [0, 0.1) is 5.92 Å². The number of nitrogens with one attached hydrogen (secondary N) is 4. The highest BCUT2D eigenvalue weighted by Crippen LogP contribution is 2.24. The van der Waals surface area contributed by atoms with Crippen molar-refractivity contribution in [2.24, 2.45) is 11.7 Å². The van der Waals surface area contributed by atoms with Crippen LogP contribution in [0.4, 0.5) is 10.5 Å². The lowest BCUT2D eigenvalue weighted by molar-refractivity contribution is -0.126. The number of halogens is 2. The van der Waals surface area contributed by atoms with E-state index in [4.69, 9.17) is 28.9 Å². The molecule has 1 saturated carbocycles. The maximum absolute atomic E-state index is 13.0. The van der Waals surface area contributed by atoms with E-state index < -0.39 is 12.1 Å². The van der Waals surface area contributed by atoms with Gasteiger partial charge < -0.3 is 27.0 Å². The zero-order chi connectivity index (χ0) is 27.3. The highest BCUT2D eigenvalue weighted by molar-refractivity contribution is 6.42. The van der Waals surface area contributed by atoms with Crippen molar-refractivity contribution in [2.45, 2.75) is 70.5 Å². The molecule has 0 aromatic heterocycles. The Morgan fingerprint density at radius 3 is 2.24 bits per heavy atom. The number of anilines is 1. The Morgan fingerprint density at radius 1 is 0.868 bits per heavy atom. The van der Waals surface area contributed by atoms with E-state index in [0.717, 1.165) is 43.2 Å². The maximum Gasteiger partial charge on any atom is 0.315 e. The average Bonchev–Trinajstić information content (AvgIpc) is 2.93. The molecule has 10 heteroatoms. The van der Waals surface area contributed by atoms with Gasteiger partial charge in [0.05, 0.1) is 10.0 Å². The number of benzene rings is 2. The second-order valence-electron chi connectivity index (χ2n) is 9.65. The molecule has 4 amide bonds. The smallest absolute Gasteiger partial charge is 0.315 e. The molecule has 1 fully saturated rings. The van der Waals surface area contributed by atoms with Gasteiger partial charge in [0.2, 0.25) is 11.8 Å². The number of hydrogen-bond donors (Lipinski definition) is 5. The number of rotatable bonds is 12. The van der Waals surface area contributed by atoms with Crippen molar-refractivity contribution in [3.63, 3.8) is 0 Å². The molecule has 6 N–H and O–H groups in total. The Bertz CT molecular complexity index is 1070. The molecule has 1 atom stereocenters. The minimum atomic E-state index is -0.732. The van der Waals surface area contributed by atoms with E-state index in [0.29, 0.717) is 41.7 Å². The van der Waals surface area contributed by atoms with E-state index in [1.54, 1.807) is 30.3 Å². The van der Waals surface area contributed by atoms with Crippen molar-refractivity contribution in [3.8, 4) is 0 Å². The van der Waals surface area contributed by atoms with E-state index in [1.807, 2.05) is 12.1 Å². The quantitative estimate of drug-likeness (QED) is 0.230. The number of urea groups is 1.